The van der Waals surface area contributed by atoms with Crippen molar-refractivity contribution in [2.75, 3.05) is 12.4 Å². The average Bonchev–Trinajstić information content (AvgIpc) is 2.41. The van der Waals surface area contributed by atoms with Crippen molar-refractivity contribution in [2.24, 2.45) is 5.73 Å². The van der Waals surface area contributed by atoms with Crippen LogP contribution in [0.15, 0.2) is 22.7 Å². The Labute approximate surface area is 121 Å². The van der Waals surface area contributed by atoms with Gasteiger partial charge in [0.1, 0.15) is 5.75 Å². The van der Waals surface area contributed by atoms with Gasteiger partial charge in [0.2, 0.25) is 5.91 Å². The highest BCUT2D eigenvalue weighted by atomic mass is 79.9. The maximum atomic E-state index is 12.3. The highest BCUT2D eigenvalue weighted by Gasteiger charge is 2.35. The summed E-state index contributed by atoms with van der Waals surface area (Å²) in [5.74, 6) is 0.587. The SMILES string of the molecule is COc1cc(NC(=O)C2(N)CCCCC2)ccc1Br. The van der Waals surface area contributed by atoms with Crippen LogP contribution in [-0.2, 0) is 4.79 Å². The molecule has 3 N–H and O–H groups in total. The summed E-state index contributed by atoms with van der Waals surface area (Å²) >= 11 is 3.38. The van der Waals surface area contributed by atoms with E-state index in [1.165, 1.54) is 6.42 Å². The molecule has 1 aromatic carbocycles. The summed E-state index contributed by atoms with van der Waals surface area (Å²) in [6.45, 7) is 0. The first-order valence-electron chi connectivity index (χ1n) is 6.49. The van der Waals surface area contributed by atoms with E-state index in [1.54, 1.807) is 13.2 Å². The number of anilines is 1. The lowest BCUT2D eigenvalue weighted by Gasteiger charge is -2.31. The normalized spacial score (nSPS) is 17.8. The van der Waals surface area contributed by atoms with Crippen molar-refractivity contribution < 1.29 is 9.53 Å². The van der Waals surface area contributed by atoms with Gasteiger partial charge in [-0.3, -0.25) is 4.79 Å². The second kappa shape index (κ2) is 5.92. The van der Waals surface area contributed by atoms with E-state index in [0.29, 0.717) is 11.4 Å². The number of halogens is 1. The van der Waals surface area contributed by atoms with Crippen LogP contribution in [0.4, 0.5) is 5.69 Å². The van der Waals surface area contributed by atoms with Crippen LogP contribution in [0.3, 0.4) is 0 Å². The van der Waals surface area contributed by atoms with Gasteiger partial charge in [0.05, 0.1) is 17.1 Å². The van der Waals surface area contributed by atoms with Crippen LogP contribution in [0.5, 0.6) is 5.75 Å². The van der Waals surface area contributed by atoms with Gasteiger partial charge in [0.25, 0.3) is 0 Å². The van der Waals surface area contributed by atoms with Crippen molar-refractivity contribution in [3.63, 3.8) is 0 Å². The van der Waals surface area contributed by atoms with E-state index in [2.05, 4.69) is 21.2 Å². The molecular formula is C14H19BrN2O2. The number of methoxy groups -OCH3 is 1. The van der Waals surface area contributed by atoms with Crippen LogP contribution in [-0.4, -0.2) is 18.6 Å². The summed E-state index contributed by atoms with van der Waals surface area (Å²) in [4.78, 5) is 12.3. The molecule has 1 saturated carbocycles. The van der Waals surface area contributed by atoms with E-state index in [1.807, 2.05) is 12.1 Å². The Hall–Kier alpha value is -1.07. The molecule has 5 heteroatoms. The quantitative estimate of drug-likeness (QED) is 0.897. The third-order valence-corrected chi connectivity index (χ3v) is 4.26. The number of carbonyl (C=O) groups excluding carboxylic acids is 1. The maximum absolute atomic E-state index is 12.3. The van der Waals surface area contributed by atoms with Crippen molar-refractivity contribution in [3.05, 3.63) is 22.7 Å². The molecule has 0 heterocycles. The minimum absolute atomic E-state index is 0.100. The van der Waals surface area contributed by atoms with Crippen molar-refractivity contribution in [1.29, 1.82) is 0 Å². The molecule has 4 nitrogen and oxygen atoms in total. The predicted molar refractivity (Wildman–Crippen MR) is 79.3 cm³/mol. The highest BCUT2D eigenvalue weighted by Crippen LogP contribution is 2.30. The van der Waals surface area contributed by atoms with Gasteiger partial charge in [0.15, 0.2) is 0 Å². The minimum Gasteiger partial charge on any atom is -0.495 e. The van der Waals surface area contributed by atoms with Crippen LogP contribution >= 0.6 is 15.9 Å². The summed E-state index contributed by atoms with van der Waals surface area (Å²) in [7, 11) is 1.59. The third kappa shape index (κ3) is 3.28. The first-order chi connectivity index (χ1) is 9.05. The van der Waals surface area contributed by atoms with Crippen molar-refractivity contribution in [3.8, 4) is 5.75 Å². The summed E-state index contributed by atoms with van der Waals surface area (Å²) in [6, 6.07) is 5.46. The van der Waals surface area contributed by atoms with E-state index in [0.717, 1.165) is 30.2 Å². The number of hydrogen-bond donors (Lipinski definition) is 2. The van der Waals surface area contributed by atoms with E-state index in [4.69, 9.17) is 10.5 Å². The fourth-order valence-electron chi connectivity index (χ4n) is 2.40. The van der Waals surface area contributed by atoms with E-state index < -0.39 is 5.54 Å². The number of nitrogens with one attached hydrogen (secondary N) is 1. The molecule has 19 heavy (non-hydrogen) atoms. The molecule has 0 atom stereocenters. The second-order valence-electron chi connectivity index (χ2n) is 5.02. The predicted octanol–water partition coefficient (Wildman–Crippen LogP) is 3.06. The Morgan fingerprint density at radius 1 is 1.37 bits per heavy atom. The van der Waals surface area contributed by atoms with Gasteiger partial charge in [-0.05, 0) is 40.9 Å². The summed E-state index contributed by atoms with van der Waals surface area (Å²) in [5.41, 5.74) is 6.18. The topological polar surface area (TPSA) is 64.3 Å². The van der Waals surface area contributed by atoms with Gasteiger partial charge in [0, 0.05) is 11.8 Å². The van der Waals surface area contributed by atoms with Gasteiger partial charge >= 0.3 is 0 Å². The lowest BCUT2D eigenvalue weighted by Crippen LogP contribution is -2.52. The van der Waals surface area contributed by atoms with Crippen molar-refractivity contribution in [2.45, 2.75) is 37.6 Å². The Morgan fingerprint density at radius 3 is 2.68 bits per heavy atom. The molecule has 0 aromatic heterocycles. The molecule has 0 saturated heterocycles. The van der Waals surface area contributed by atoms with Crippen LogP contribution in [0.1, 0.15) is 32.1 Å². The standard InChI is InChI=1S/C14H19BrN2O2/c1-19-12-9-10(5-6-11(12)15)17-13(18)14(16)7-3-2-4-8-14/h5-6,9H,2-4,7-8,16H2,1H3,(H,17,18). The van der Waals surface area contributed by atoms with Crippen molar-refractivity contribution >= 4 is 27.5 Å². The number of benzene rings is 1. The number of rotatable bonds is 3. The molecule has 2 rings (SSSR count). The molecule has 1 amide bonds. The van der Waals surface area contributed by atoms with Gasteiger partial charge in [-0.1, -0.05) is 19.3 Å². The molecular weight excluding hydrogens is 308 g/mol. The Kier molecular flexibility index (Phi) is 4.47. The maximum Gasteiger partial charge on any atom is 0.244 e. The summed E-state index contributed by atoms with van der Waals surface area (Å²) < 4.78 is 6.06. The fraction of sp³-hybridized carbons (Fsp3) is 0.500. The zero-order valence-corrected chi connectivity index (χ0v) is 12.6. The number of amides is 1. The molecule has 0 bridgehead atoms. The monoisotopic (exact) mass is 326 g/mol. The molecule has 0 radical (unpaired) electrons. The average molecular weight is 327 g/mol. The number of hydrogen-bond acceptors (Lipinski definition) is 3. The van der Waals surface area contributed by atoms with Gasteiger partial charge < -0.3 is 15.8 Å². The van der Waals surface area contributed by atoms with E-state index in [9.17, 15) is 4.79 Å². The lowest BCUT2D eigenvalue weighted by atomic mass is 9.82. The molecule has 104 valence electrons. The van der Waals surface area contributed by atoms with Crippen LogP contribution in [0.2, 0.25) is 0 Å². The van der Waals surface area contributed by atoms with Crippen LogP contribution in [0, 0.1) is 0 Å². The summed E-state index contributed by atoms with van der Waals surface area (Å²) in [5, 5.41) is 2.89. The second-order valence-corrected chi connectivity index (χ2v) is 5.87. The Balaban J connectivity index is 2.10. The van der Waals surface area contributed by atoms with Gasteiger partial charge in [-0.25, -0.2) is 0 Å². The third-order valence-electron chi connectivity index (χ3n) is 3.61. The first-order valence-corrected chi connectivity index (χ1v) is 7.28. The Bertz CT molecular complexity index is 471. The van der Waals surface area contributed by atoms with E-state index >= 15 is 0 Å². The molecule has 1 aliphatic carbocycles. The zero-order valence-electron chi connectivity index (χ0n) is 11.0. The van der Waals surface area contributed by atoms with Gasteiger partial charge in [-0.15, -0.1) is 0 Å². The van der Waals surface area contributed by atoms with Crippen LogP contribution in [0.25, 0.3) is 0 Å². The molecule has 1 aromatic rings. The van der Waals surface area contributed by atoms with Crippen molar-refractivity contribution in [1.82, 2.24) is 0 Å². The largest absolute Gasteiger partial charge is 0.495 e. The molecule has 0 spiro atoms. The zero-order chi connectivity index (χ0) is 13.9. The summed E-state index contributed by atoms with van der Waals surface area (Å²) in [6.07, 6.45) is 4.72. The minimum atomic E-state index is -0.724. The first kappa shape index (κ1) is 14.3. The molecule has 0 unspecified atom stereocenters. The Morgan fingerprint density at radius 2 is 2.05 bits per heavy atom. The number of ether oxygens (including phenoxy) is 1. The van der Waals surface area contributed by atoms with E-state index in [-0.39, 0.29) is 5.91 Å². The number of nitrogens with two attached hydrogens (primary N) is 1. The molecule has 1 aliphatic rings. The highest BCUT2D eigenvalue weighted by molar-refractivity contribution is 9.10. The molecule has 1 fully saturated rings. The van der Waals surface area contributed by atoms with Gasteiger partial charge in [-0.2, -0.15) is 0 Å². The smallest absolute Gasteiger partial charge is 0.244 e. The lowest BCUT2D eigenvalue weighted by molar-refractivity contribution is -0.122. The fourth-order valence-corrected chi connectivity index (χ4v) is 2.81. The number of carbonyl (C=O) groups is 1. The molecule has 0 aliphatic heterocycles. The van der Waals surface area contributed by atoms with Crippen LogP contribution < -0.4 is 15.8 Å².